The van der Waals surface area contributed by atoms with Crippen molar-refractivity contribution < 1.29 is 9.59 Å². The Bertz CT molecular complexity index is 4200. The van der Waals surface area contributed by atoms with Gasteiger partial charge >= 0.3 is 6.03 Å². The van der Waals surface area contributed by atoms with Crippen LogP contribution in [0.25, 0.3) is 0 Å². The van der Waals surface area contributed by atoms with E-state index in [0.29, 0.717) is 31.3 Å². The fourth-order valence-corrected chi connectivity index (χ4v) is 113. The molecule has 2 saturated heterocycles. The Hall–Kier alpha value is 6.89. The number of carbonyl (C=O) groups is 2. The van der Waals surface area contributed by atoms with Crippen LogP contribution >= 0.6 is 11.6 Å². The summed E-state index contributed by atoms with van der Waals surface area (Å²) in [4.78, 5) is 31.2. The Labute approximate surface area is 587 Å². The minimum Gasteiger partial charge on any atom is -0.351 e. The predicted molar refractivity (Wildman–Crippen MR) is 457 cm³/mol. The Morgan fingerprint density at radius 2 is 0.808 bits per heavy atom. The van der Waals surface area contributed by atoms with E-state index < -0.39 is 0 Å². The van der Waals surface area contributed by atoms with Crippen LogP contribution in [0.2, 0.25) is 5.02 Å². The molecule has 2 aromatic carbocycles. The molecule has 0 bridgehead atoms. The first kappa shape index (κ1) is 79.1. The quantitative estimate of drug-likeness (QED) is 0.456. The summed E-state index contributed by atoms with van der Waals surface area (Å²) < 4.78 is 0. The van der Waals surface area contributed by atoms with E-state index in [9.17, 15) is 9.59 Å². The number of piperazine rings is 1. The van der Waals surface area contributed by atoms with Gasteiger partial charge in [-0.1, -0.05) is 67.9 Å². The summed E-state index contributed by atoms with van der Waals surface area (Å²) in [5.74, 6) is 0.902. The van der Waals surface area contributed by atoms with E-state index >= 15 is 0 Å². The highest BCUT2D eigenvalue weighted by molar-refractivity contribution is 8.81. The van der Waals surface area contributed by atoms with Crippen molar-refractivity contribution in [1.29, 1.82) is 0 Å². The summed E-state index contributed by atoms with van der Waals surface area (Å²) >= 11 is 15.8. The van der Waals surface area contributed by atoms with Crippen molar-refractivity contribution in [3.8, 4) is 0 Å². The van der Waals surface area contributed by atoms with Crippen molar-refractivity contribution in [2.24, 2.45) is 17.6 Å². The summed E-state index contributed by atoms with van der Waals surface area (Å²) in [6, 6.07) is 18.6. The summed E-state index contributed by atoms with van der Waals surface area (Å²) in [7, 11) is 72.9. The second-order valence-corrected chi connectivity index (χ2v) is 86.0. The van der Waals surface area contributed by atoms with Crippen LogP contribution in [-0.4, -0.2) is 65.4 Å². The van der Waals surface area contributed by atoms with E-state index in [4.69, 9.17) is 39.7 Å². The standard InChI is InChI=1S/C28H37ClN4O2.S43/c1-20(2)25-19-32(27(22-6-4-3-5-7-22)23-8-10-24(29)11-9-23)16-17-33(25)26(34)18-21-12-14-31(15-13-21)28(30)35;1-3-5-7-9-11-13-15-17-19-21-23-25-27-29-31-33-35-37-39-41-43-42-40-38-36-34-32-30-28-26-24-22-20-18-16-14-12-10-8-6-4-2/h3-11,20-21,25,27H,12-19H2,1-2H3,(H2,30,35);/t25-,27?;/m1./s1. The van der Waals surface area contributed by atoms with E-state index in [1.54, 1.807) is 111 Å². The summed E-state index contributed by atoms with van der Waals surface area (Å²) in [5, 5.41) is 0.734. The molecule has 3 amide bonds. The topological polar surface area (TPSA) is 69.9 Å². The molecule has 0 radical (unpaired) electrons. The summed E-state index contributed by atoms with van der Waals surface area (Å²) in [6.45, 7) is 8.07. The highest BCUT2D eigenvalue weighted by Gasteiger charge is 2.37. The summed E-state index contributed by atoms with van der Waals surface area (Å²) in [6.07, 6.45) is 2.23. The molecule has 0 aliphatic carbocycles. The molecule has 2 atom stereocenters. The van der Waals surface area contributed by atoms with E-state index in [1.807, 2.05) is 258 Å². The van der Waals surface area contributed by atoms with Gasteiger partial charge in [0.2, 0.25) is 5.91 Å². The largest absolute Gasteiger partial charge is 0.351 e. The van der Waals surface area contributed by atoms with Crippen LogP contribution in [0.5, 0.6) is 0 Å². The number of nitrogens with two attached hydrogens (primary N) is 1. The lowest BCUT2D eigenvalue weighted by atomic mass is 9.90. The molecule has 2 aliphatic rings. The monoisotopic (exact) mass is 1870 g/mol. The van der Waals surface area contributed by atoms with Crippen LogP contribution in [0.15, 0.2) is 54.6 Å². The van der Waals surface area contributed by atoms with Gasteiger partial charge in [-0.15, -0.1) is 0 Å². The van der Waals surface area contributed by atoms with Crippen LogP contribution < -0.4 is 5.73 Å². The maximum absolute atomic E-state index is 13.4. The zero-order valence-corrected chi connectivity index (χ0v) is 74.2. The zero-order valence-electron chi connectivity index (χ0n) is 38.3. The fourth-order valence-electron chi connectivity index (χ4n) is 6.01. The first-order valence-corrected chi connectivity index (χ1v) is 76.1. The smallest absolute Gasteiger partial charge is 0.314 e. The Morgan fingerprint density at radius 3 is 1.12 bits per heavy atom. The van der Waals surface area contributed by atoms with Gasteiger partial charge in [0.25, 0.3) is 0 Å². The van der Waals surface area contributed by atoms with Gasteiger partial charge in [-0.25, -0.2) is 4.79 Å². The maximum atomic E-state index is 13.4. The number of piperidine rings is 1. The molecule has 4 rings (SSSR count). The molecule has 1 unspecified atom stereocenters. The maximum Gasteiger partial charge on any atom is 0.314 e. The lowest BCUT2D eigenvalue weighted by molar-refractivity contribution is -0.139. The average molecular weight is 1880 g/mol. The molecular weight excluding hydrogens is 1840 g/mol. The van der Waals surface area contributed by atoms with Crippen molar-refractivity contribution in [2.45, 2.75) is 45.2 Å². The minimum atomic E-state index is -0.362. The highest BCUT2D eigenvalue weighted by atomic mass is 35.5. The normalized spacial score (nSPS) is 13.6. The number of hydrogen-bond acceptors (Lipinski definition) is 5. The van der Waals surface area contributed by atoms with Gasteiger partial charge < -0.3 is 15.5 Å². The number of amides is 3. The molecule has 0 spiro atoms. The van der Waals surface area contributed by atoms with Crippen molar-refractivity contribution >= 4 is 410 Å². The number of urea groups is 1. The third-order valence-corrected chi connectivity index (χ3v) is 97.8. The number of rotatable bonds is 6. The second kappa shape index (κ2) is 56.6. The number of hydrogen-bond donors (Lipinski definition) is 1. The molecule has 78 heavy (non-hydrogen) atoms. The third-order valence-electron chi connectivity index (χ3n) is 8.71. The van der Waals surface area contributed by atoms with Gasteiger partial charge in [-0.05, 0) is 47.9 Å². The average Bonchev–Trinajstić information content (AvgIpc) is 3.51. The molecule has 2 aliphatic heterocycles. The Balaban J connectivity index is 0.000000417. The lowest BCUT2D eigenvalue weighted by Crippen LogP contribution is -2.58. The molecule has 50 heteroatoms. The lowest BCUT2D eigenvalue weighted by Gasteiger charge is -2.47. The number of primary amides is 1. The number of likely N-dealkylation sites (tertiary alicyclic amines) is 1. The number of halogens is 1. The number of nitrogens with zero attached hydrogens (tertiary/aromatic N) is 3. The van der Waals surface area contributed by atoms with Crippen LogP contribution in [-0.2, 0) is 391 Å². The number of benzene rings is 2. The van der Waals surface area contributed by atoms with Gasteiger partial charge in [-0.2, -0.15) is 0 Å². The van der Waals surface area contributed by atoms with Crippen LogP contribution in [0, 0.1) is 11.8 Å². The van der Waals surface area contributed by atoms with Gasteiger partial charge in [0.1, 0.15) is 0 Å². The zero-order chi connectivity index (χ0) is 55.9. The molecule has 0 saturated carbocycles. The molecule has 2 fully saturated rings. The van der Waals surface area contributed by atoms with Gasteiger partial charge in [0.15, 0.2) is 0 Å². The van der Waals surface area contributed by atoms with Gasteiger partial charge in [0, 0.05) is 437 Å². The minimum absolute atomic E-state index is 0.116. The molecule has 2 aromatic rings. The molecule has 2 N–H and O–H groups in total. The van der Waals surface area contributed by atoms with Crippen LogP contribution in [0.4, 0.5) is 4.79 Å². The Morgan fingerprint density at radius 1 is 0.487 bits per heavy atom. The van der Waals surface area contributed by atoms with E-state index in [-0.39, 0.29) is 24.0 Å². The Kier molecular flexibility index (Phi) is 57.4. The van der Waals surface area contributed by atoms with Gasteiger partial charge in [-0.3, -0.25) is 9.69 Å². The molecule has 0 aromatic heterocycles. The van der Waals surface area contributed by atoms with E-state index in [0.717, 1.165) is 37.5 Å². The molecule has 446 valence electrons. The van der Waals surface area contributed by atoms with Crippen molar-refractivity contribution in [3.05, 3.63) is 70.7 Å². The van der Waals surface area contributed by atoms with E-state index in [1.165, 1.54) is 28.9 Å². The predicted octanol–water partition coefficient (Wildman–Crippen LogP) is 4.68. The third kappa shape index (κ3) is 41.4. The number of carbonyl (C=O) groups excluding carboxylic acids is 2. The SMILES string of the molecule is CC(C)[C@H]1CN(C(c2ccccc2)c2ccc(Cl)cc2)CCN1C(=O)CC1CCN(C(N)=O)CC1.S=S=S=S=S=S=S=S=S=S=S=S=S=S=S=S=S=S=S=S=S=S=S=S=S=S=S=S=S=S=S=S=S=S=S=S=S=S=S=S=S=S=S. The van der Waals surface area contributed by atoms with Gasteiger partial charge in [0.05, 0.1) is 6.04 Å². The van der Waals surface area contributed by atoms with Crippen molar-refractivity contribution in [2.75, 3.05) is 32.7 Å². The van der Waals surface area contributed by atoms with Crippen molar-refractivity contribution in [1.82, 2.24) is 14.7 Å². The first-order valence-electron chi connectivity index (χ1n) is 19.7. The first-order chi connectivity index (χ1) is 38.2. The highest BCUT2D eigenvalue weighted by Crippen LogP contribution is 2.33. The van der Waals surface area contributed by atoms with Crippen molar-refractivity contribution in [3.63, 3.8) is 0 Å². The summed E-state index contributed by atoms with van der Waals surface area (Å²) in [5.41, 5.74) is 7.87. The van der Waals surface area contributed by atoms with Crippen LogP contribution in [0.1, 0.15) is 50.3 Å². The molecular formula is C28H37ClN4O2S43. The fraction of sp³-hybridized carbons (Fsp3) is 0.500. The molecule has 2 heterocycles. The van der Waals surface area contributed by atoms with Crippen LogP contribution in [0.3, 0.4) is 0 Å². The second-order valence-electron chi connectivity index (χ2n) is 13.0. The molecule has 6 nitrogen and oxygen atoms in total. The van der Waals surface area contributed by atoms with E-state index in [2.05, 4.69) is 60.0 Å².